The summed E-state index contributed by atoms with van der Waals surface area (Å²) in [6, 6.07) is 21.3. The number of hydrogen-bond acceptors (Lipinski definition) is 9. The number of benzene rings is 3. The summed E-state index contributed by atoms with van der Waals surface area (Å²) in [4.78, 5) is 24.2. The molecule has 0 atom stereocenters. The highest BCUT2D eigenvalue weighted by molar-refractivity contribution is 5.90. The maximum absolute atomic E-state index is 12.2. The molecule has 1 aliphatic heterocycles. The minimum Gasteiger partial charge on any atom is -0.490 e. The lowest BCUT2D eigenvalue weighted by molar-refractivity contribution is -0.205. The van der Waals surface area contributed by atoms with Crippen LogP contribution in [0.2, 0.25) is 0 Å². The third-order valence-corrected chi connectivity index (χ3v) is 8.10. The van der Waals surface area contributed by atoms with Gasteiger partial charge in [-0.15, -0.1) is 0 Å². The van der Waals surface area contributed by atoms with Crippen molar-refractivity contribution in [3.8, 4) is 33.8 Å². The van der Waals surface area contributed by atoms with Gasteiger partial charge in [-0.05, 0) is 52.9 Å². The third-order valence-electron chi connectivity index (χ3n) is 8.10. The molecule has 0 saturated carbocycles. The number of carbonyl (C=O) groups excluding carboxylic acids is 2. The Bertz CT molecular complexity index is 1520. The average Bonchev–Trinajstić information content (AvgIpc) is 3.12. The van der Waals surface area contributed by atoms with Crippen molar-refractivity contribution in [1.29, 1.82) is 0 Å². The summed E-state index contributed by atoms with van der Waals surface area (Å²) in [5, 5.41) is 0. The first-order valence-corrected chi connectivity index (χ1v) is 16.8. The number of methoxy groups -OCH3 is 2. The largest absolute Gasteiger partial charge is 0.490 e. The van der Waals surface area contributed by atoms with Crippen molar-refractivity contribution >= 4 is 11.9 Å². The molecule has 0 amide bonds. The van der Waals surface area contributed by atoms with Crippen molar-refractivity contribution in [2.24, 2.45) is 5.92 Å². The quantitative estimate of drug-likeness (QED) is 0.0545. The van der Waals surface area contributed by atoms with Crippen molar-refractivity contribution in [3.63, 3.8) is 0 Å². The van der Waals surface area contributed by atoms with Crippen LogP contribution in [0.15, 0.2) is 91.0 Å². The van der Waals surface area contributed by atoms with Crippen molar-refractivity contribution in [2.75, 3.05) is 53.9 Å². The second kappa shape index (κ2) is 19.7. The van der Waals surface area contributed by atoms with Gasteiger partial charge in [0.25, 0.3) is 0 Å². The Hall–Kier alpha value is -4.28. The van der Waals surface area contributed by atoms with E-state index in [0.29, 0.717) is 30.6 Å². The van der Waals surface area contributed by atoms with Crippen LogP contribution in [0.4, 0.5) is 0 Å². The summed E-state index contributed by atoms with van der Waals surface area (Å²) in [7, 11) is 2.99. The molecule has 0 spiro atoms. The lowest BCUT2D eigenvalue weighted by Crippen LogP contribution is -2.27. The van der Waals surface area contributed by atoms with E-state index in [4.69, 9.17) is 33.2 Å². The number of unbranched alkanes of at least 4 members (excludes halogenated alkanes) is 3. The Balaban J connectivity index is 1.46. The van der Waals surface area contributed by atoms with E-state index >= 15 is 0 Å². The molecule has 0 radical (unpaired) electrons. The molecular formula is C40H48O9. The van der Waals surface area contributed by atoms with Crippen LogP contribution in [0.1, 0.15) is 50.9 Å². The van der Waals surface area contributed by atoms with Gasteiger partial charge >= 0.3 is 11.9 Å². The molecule has 4 rings (SSSR count). The van der Waals surface area contributed by atoms with Crippen molar-refractivity contribution in [2.45, 2.75) is 45.3 Å². The highest BCUT2D eigenvalue weighted by atomic mass is 16.7. The van der Waals surface area contributed by atoms with Crippen LogP contribution in [-0.4, -0.2) is 65.8 Å². The number of rotatable bonds is 19. The number of carbonyl (C=O) groups is 2. The van der Waals surface area contributed by atoms with Crippen molar-refractivity contribution in [3.05, 3.63) is 96.6 Å². The molecule has 1 saturated heterocycles. The molecule has 9 heteroatoms. The molecule has 1 aliphatic rings. The topological polar surface area (TPSA) is 98.8 Å². The smallest absolute Gasteiger partial charge is 0.341 e. The highest BCUT2D eigenvalue weighted by Crippen LogP contribution is 2.37. The van der Waals surface area contributed by atoms with Crippen LogP contribution in [0.3, 0.4) is 0 Å². The molecule has 0 aliphatic carbocycles. The second-order valence-corrected chi connectivity index (χ2v) is 12.0. The van der Waals surface area contributed by atoms with Crippen LogP contribution in [-0.2, 0) is 33.3 Å². The molecule has 1 fully saturated rings. The SMILES string of the molecule is C=C(COC)C(=O)OCCOc1ccc(-c2ccc(-c3ccc(OC(=O)C(=C)COC)cc3)cc2)c(C2OCC(CCCCCC)CO2)c1. The van der Waals surface area contributed by atoms with Crippen LogP contribution >= 0.6 is 0 Å². The first-order valence-electron chi connectivity index (χ1n) is 16.8. The van der Waals surface area contributed by atoms with E-state index in [2.05, 4.69) is 32.2 Å². The average molecular weight is 673 g/mol. The molecule has 1 heterocycles. The summed E-state index contributed by atoms with van der Waals surface area (Å²) in [6.45, 7) is 11.3. The second-order valence-electron chi connectivity index (χ2n) is 12.0. The van der Waals surface area contributed by atoms with Gasteiger partial charge in [-0.3, -0.25) is 0 Å². The maximum Gasteiger partial charge on any atom is 0.341 e. The molecule has 49 heavy (non-hydrogen) atoms. The van der Waals surface area contributed by atoms with Gasteiger partial charge in [0.2, 0.25) is 0 Å². The fraction of sp³-hybridized carbons (Fsp3) is 0.400. The zero-order chi connectivity index (χ0) is 35.0. The predicted octanol–water partition coefficient (Wildman–Crippen LogP) is 7.89. The Morgan fingerprint density at radius 2 is 1.33 bits per heavy atom. The monoisotopic (exact) mass is 672 g/mol. The Kier molecular flexibility index (Phi) is 15.1. The highest BCUT2D eigenvalue weighted by Gasteiger charge is 2.26. The minimum absolute atomic E-state index is 0.0722. The lowest BCUT2D eigenvalue weighted by atomic mass is 9.95. The van der Waals surface area contributed by atoms with Crippen molar-refractivity contribution in [1.82, 2.24) is 0 Å². The molecule has 0 bridgehead atoms. The molecule has 0 N–H and O–H groups in total. The lowest BCUT2D eigenvalue weighted by Gasteiger charge is -2.31. The molecule has 0 unspecified atom stereocenters. The van der Waals surface area contributed by atoms with Crippen LogP contribution in [0.25, 0.3) is 22.3 Å². The molecule has 9 nitrogen and oxygen atoms in total. The van der Waals surface area contributed by atoms with Crippen molar-refractivity contribution < 1.29 is 42.7 Å². The summed E-state index contributed by atoms with van der Waals surface area (Å²) in [6.07, 6.45) is 5.41. The van der Waals surface area contributed by atoms with Gasteiger partial charge in [-0.25, -0.2) is 9.59 Å². The van der Waals surface area contributed by atoms with Gasteiger partial charge in [-0.1, -0.05) is 88.2 Å². The van der Waals surface area contributed by atoms with E-state index in [-0.39, 0.29) is 37.6 Å². The van der Waals surface area contributed by atoms with Gasteiger partial charge < -0.3 is 33.2 Å². The minimum atomic E-state index is -0.546. The van der Waals surface area contributed by atoms with Crippen LogP contribution in [0, 0.1) is 5.92 Å². The predicted molar refractivity (Wildman–Crippen MR) is 188 cm³/mol. The normalized spacial score (nSPS) is 15.7. The Morgan fingerprint density at radius 1 is 0.735 bits per heavy atom. The van der Waals surface area contributed by atoms with Crippen LogP contribution < -0.4 is 9.47 Å². The zero-order valence-electron chi connectivity index (χ0n) is 28.9. The van der Waals surface area contributed by atoms with E-state index in [1.54, 1.807) is 12.1 Å². The number of hydrogen-bond donors (Lipinski definition) is 0. The molecule has 3 aromatic carbocycles. The number of esters is 2. The van der Waals surface area contributed by atoms with E-state index in [1.165, 1.54) is 39.9 Å². The molecule has 0 aromatic heterocycles. The third kappa shape index (κ3) is 11.4. The summed E-state index contributed by atoms with van der Waals surface area (Å²) < 4.78 is 39.1. The molecular weight excluding hydrogens is 624 g/mol. The summed E-state index contributed by atoms with van der Waals surface area (Å²) >= 11 is 0. The first kappa shape index (κ1) is 37.5. The van der Waals surface area contributed by atoms with Gasteiger partial charge in [0.05, 0.1) is 37.6 Å². The summed E-state index contributed by atoms with van der Waals surface area (Å²) in [5.74, 6) is 0.383. The van der Waals surface area contributed by atoms with E-state index in [1.807, 2.05) is 42.5 Å². The fourth-order valence-corrected chi connectivity index (χ4v) is 5.44. The molecule has 262 valence electrons. The zero-order valence-corrected chi connectivity index (χ0v) is 28.9. The maximum atomic E-state index is 12.2. The fourth-order valence-electron chi connectivity index (χ4n) is 5.44. The number of ether oxygens (including phenoxy) is 7. The van der Waals surface area contributed by atoms with Gasteiger partial charge in [-0.2, -0.15) is 0 Å². The van der Waals surface area contributed by atoms with Gasteiger partial charge in [0.1, 0.15) is 24.7 Å². The van der Waals surface area contributed by atoms with Gasteiger partial charge in [0, 0.05) is 25.7 Å². The summed E-state index contributed by atoms with van der Waals surface area (Å²) in [5.41, 5.74) is 5.29. The molecule has 3 aromatic rings. The van der Waals surface area contributed by atoms with Crippen LogP contribution in [0.5, 0.6) is 11.5 Å². The Morgan fingerprint density at radius 3 is 1.96 bits per heavy atom. The Labute approximate surface area is 289 Å². The van der Waals surface area contributed by atoms with E-state index in [9.17, 15) is 9.59 Å². The van der Waals surface area contributed by atoms with E-state index in [0.717, 1.165) is 34.2 Å². The first-order chi connectivity index (χ1) is 23.8. The van der Waals surface area contributed by atoms with E-state index < -0.39 is 18.2 Å². The van der Waals surface area contributed by atoms with Gasteiger partial charge in [0.15, 0.2) is 6.29 Å². The standard InChI is InChI=1S/C40H48O9/c1-6-7-8-9-10-30-26-47-40(48-27-30)37-23-35(45-21-22-46-38(41)28(2)24-43-4)19-20-36(37)33-13-11-31(12-14-33)32-15-17-34(18-16-32)49-39(42)29(3)25-44-5/h11-20,23,30,40H,2-3,6-10,21-22,24-27H2,1,4-5H3.